The van der Waals surface area contributed by atoms with E-state index in [1.807, 2.05) is 19.1 Å². The second-order valence-corrected chi connectivity index (χ2v) is 8.89. The number of benzene rings is 3. The number of carbonyl (C=O) groups excluding carboxylic acids is 1. The van der Waals surface area contributed by atoms with Gasteiger partial charge in [0.2, 0.25) is 0 Å². The van der Waals surface area contributed by atoms with Gasteiger partial charge in [0, 0.05) is 5.56 Å². The third-order valence-corrected chi connectivity index (χ3v) is 6.56. The van der Waals surface area contributed by atoms with Gasteiger partial charge in [0.25, 0.3) is 15.9 Å². The number of hydrazone groups is 1. The molecule has 8 nitrogen and oxygen atoms in total. The van der Waals surface area contributed by atoms with Crippen LogP contribution >= 0.6 is 0 Å². The van der Waals surface area contributed by atoms with Gasteiger partial charge < -0.3 is 9.47 Å². The van der Waals surface area contributed by atoms with E-state index in [-0.39, 0.29) is 10.6 Å². The number of ether oxygens (including phenoxy) is 2. The van der Waals surface area contributed by atoms with Crippen molar-refractivity contribution in [2.24, 2.45) is 5.10 Å². The quantitative estimate of drug-likeness (QED) is 0.384. The molecule has 0 bridgehead atoms. The maximum Gasteiger partial charge on any atom is 0.264 e. The molecule has 172 valence electrons. The molecule has 3 aromatic carbocycles. The van der Waals surface area contributed by atoms with Crippen LogP contribution < -0.4 is 19.2 Å². The van der Waals surface area contributed by atoms with Crippen LogP contribution in [-0.4, -0.2) is 41.3 Å². The highest BCUT2D eigenvalue weighted by molar-refractivity contribution is 7.92. The number of para-hydroxylation sites is 3. The average Bonchev–Trinajstić information content (AvgIpc) is 2.83. The number of sulfonamides is 1. The predicted molar refractivity (Wildman–Crippen MR) is 127 cm³/mol. The number of aryl methyl sites for hydroxylation is 1. The van der Waals surface area contributed by atoms with Gasteiger partial charge in [0.1, 0.15) is 18.0 Å². The molecule has 9 heteroatoms. The number of hydrogen-bond acceptors (Lipinski definition) is 6. The lowest BCUT2D eigenvalue weighted by Crippen LogP contribution is -2.39. The maximum absolute atomic E-state index is 13.5. The molecule has 0 aliphatic carbocycles. The Kier molecular flexibility index (Phi) is 7.68. The summed E-state index contributed by atoms with van der Waals surface area (Å²) in [5.41, 5.74) is 4.20. The summed E-state index contributed by atoms with van der Waals surface area (Å²) < 4.78 is 38.5. The monoisotopic (exact) mass is 467 g/mol. The third-order valence-electron chi connectivity index (χ3n) is 4.78. The number of nitrogens with zero attached hydrogens (tertiary/aromatic N) is 2. The molecule has 0 fully saturated rings. The molecular weight excluding hydrogens is 442 g/mol. The molecule has 0 aliphatic rings. The van der Waals surface area contributed by atoms with Gasteiger partial charge in [-0.15, -0.1) is 0 Å². The highest BCUT2D eigenvalue weighted by Gasteiger charge is 2.29. The van der Waals surface area contributed by atoms with Crippen LogP contribution in [0.2, 0.25) is 0 Å². The smallest absolute Gasteiger partial charge is 0.264 e. The van der Waals surface area contributed by atoms with Crippen LogP contribution in [0.25, 0.3) is 0 Å². The van der Waals surface area contributed by atoms with Gasteiger partial charge in [0.05, 0.1) is 31.0 Å². The molecule has 0 aliphatic heterocycles. The molecule has 0 unspecified atom stereocenters. The molecule has 33 heavy (non-hydrogen) atoms. The van der Waals surface area contributed by atoms with Crippen molar-refractivity contribution >= 4 is 27.8 Å². The van der Waals surface area contributed by atoms with E-state index in [0.717, 1.165) is 9.87 Å². The first-order chi connectivity index (χ1) is 15.9. The Bertz CT molecular complexity index is 1240. The minimum absolute atomic E-state index is 0.0596. The zero-order chi connectivity index (χ0) is 23.8. The minimum atomic E-state index is -4.07. The van der Waals surface area contributed by atoms with Gasteiger partial charge in [-0.3, -0.25) is 9.10 Å². The van der Waals surface area contributed by atoms with Crippen molar-refractivity contribution in [1.29, 1.82) is 0 Å². The van der Waals surface area contributed by atoms with E-state index in [9.17, 15) is 13.2 Å². The Morgan fingerprint density at radius 1 is 0.939 bits per heavy atom. The number of amides is 1. The van der Waals surface area contributed by atoms with Crippen molar-refractivity contribution in [3.05, 3.63) is 83.9 Å². The first kappa shape index (κ1) is 23.8. The number of methoxy groups -OCH3 is 2. The summed E-state index contributed by atoms with van der Waals surface area (Å²) in [5.74, 6) is 0.286. The summed E-state index contributed by atoms with van der Waals surface area (Å²) in [6, 6.07) is 20.2. The summed E-state index contributed by atoms with van der Waals surface area (Å²) in [4.78, 5) is 12.8. The van der Waals surface area contributed by atoms with E-state index in [2.05, 4.69) is 10.5 Å². The van der Waals surface area contributed by atoms with Gasteiger partial charge in [-0.25, -0.2) is 13.8 Å². The number of carbonyl (C=O) groups is 1. The number of nitrogens with one attached hydrogen (secondary N) is 1. The van der Waals surface area contributed by atoms with Crippen LogP contribution in [0.1, 0.15) is 11.1 Å². The van der Waals surface area contributed by atoms with Gasteiger partial charge in [-0.2, -0.15) is 5.10 Å². The molecule has 0 spiro atoms. The van der Waals surface area contributed by atoms with Gasteiger partial charge in [-0.05, 0) is 43.3 Å². The second-order valence-electron chi connectivity index (χ2n) is 7.03. The maximum atomic E-state index is 13.5. The second kappa shape index (κ2) is 10.6. The van der Waals surface area contributed by atoms with Crippen molar-refractivity contribution in [2.45, 2.75) is 11.8 Å². The Morgan fingerprint density at radius 2 is 1.55 bits per heavy atom. The fraction of sp³-hybridized carbons (Fsp3) is 0.167. The van der Waals surface area contributed by atoms with E-state index < -0.39 is 22.5 Å². The molecule has 0 radical (unpaired) electrons. The fourth-order valence-corrected chi connectivity index (χ4v) is 4.52. The molecule has 0 saturated carbocycles. The first-order valence-electron chi connectivity index (χ1n) is 10.0. The standard InChI is InChI=1S/C24H25N3O5S/c1-18-12-14-20(15-13-18)33(29,30)27(21-9-5-7-11-23(21)32-3)17-24(28)26-25-16-19-8-4-6-10-22(19)31-2/h4-16H,17H2,1-3H3,(H,26,28)/b25-16-. The molecule has 3 aromatic rings. The first-order valence-corrected chi connectivity index (χ1v) is 11.5. The van der Waals surface area contributed by atoms with Gasteiger partial charge in [0.15, 0.2) is 0 Å². The van der Waals surface area contributed by atoms with Crippen LogP contribution in [0, 0.1) is 6.92 Å². The normalized spacial score (nSPS) is 11.2. The van der Waals surface area contributed by atoms with Crippen LogP contribution in [0.4, 0.5) is 5.69 Å². The van der Waals surface area contributed by atoms with E-state index >= 15 is 0 Å². The van der Waals surface area contributed by atoms with Crippen molar-refractivity contribution in [3.63, 3.8) is 0 Å². The molecule has 0 saturated heterocycles. The van der Waals surface area contributed by atoms with Crippen LogP contribution in [0.15, 0.2) is 82.8 Å². The molecule has 3 rings (SSSR count). The lowest BCUT2D eigenvalue weighted by molar-refractivity contribution is -0.119. The topological polar surface area (TPSA) is 97.3 Å². The Morgan fingerprint density at radius 3 is 2.21 bits per heavy atom. The Hall–Kier alpha value is -3.85. The highest BCUT2D eigenvalue weighted by Crippen LogP contribution is 2.32. The molecule has 1 amide bonds. The Labute approximate surface area is 193 Å². The molecule has 1 N–H and O–H groups in total. The summed E-state index contributed by atoms with van der Waals surface area (Å²) in [6.07, 6.45) is 1.43. The van der Waals surface area contributed by atoms with E-state index in [4.69, 9.17) is 9.47 Å². The predicted octanol–water partition coefficient (Wildman–Crippen LogP) is 3.36. The largest absolute Gasteiger partial charge is 0.496 e. The van der Waals surface area contributed by atoms with Crippen molar-refractivity contribution < 1.29 is 22.7 Å². The summed E-state index contributed by atoms with van der Waals surface area (Å²) in [5, 5.41) is 3.95. The zero-order valence-electron chi connectivity index (χ0n) is 18.6. The average molecular weight is 468 g/mol. The van der Waals surface area contributed by atoms with Gasteiger partial charge >= 0.3 is 0 Å². The lowest BCUT2D eigenvalue weighted by atomic mass is 10.2. The summed E-state index contributed by atoms with van der Waals surface area (Å²) in [7, 11) is -1.09. The van der Waals surface area contributed by atoms with Crippen LogP contribution in [0.3, 0.4) is 0 Å². The van der Waals surface area contributed by atoms with Crippen LogP contribution in [-0.2, 0) is 14.8 Å². The lowest BCUT2D eigenvalue weighted by Gasteiger charge is -2.25. The number of anilines is 1. The SMILES string of the molecule is COc1ccccc1/C=N\NC(=O)CN(c1ccccc1OC)S(=O)(=O)c1ccc(C)cc1. The minimum Gasteiger partial charge on any atom is -0.496 e. The van der Waals surface area contributed by atoms with Crippen molar-refractivity contribution in [2.75, 3.05) is 25.1 Å². The fourth-order valence-electron chi connectivity index (χ4n) is 3.09. The number of rotatable bonds is 9. The van der Waals surface area contributed by atoms with Gasteiger partial charge in [-0.1, -0.05) is 42.0 Å². The highest BCUT2D eigenvalue weighted by atomic mass is 32.2. The van der Waals surface area contributed by atoms with Crippen LogP contribution in [0.5, 0.6) is 11.5 Å². The third kappa shape index (κ3) is 5.69. The van der Waals surface area contributed by atoms with E-state index in [1.54, 1.807) is 48.5 Å². The van der Waals surface area contributed by atoms with E-state index in [1.165, 1.54) is 32.6 Å². The molecular formula is C24H25N3O5S. The van der Waals surface area contributed by atoms with Crippen molar-refractivity contribution in [1.82, 2.24) is 5.43 Å². The summed E-state index contributed by atoms with van der Waals surface area (Å²) in [6.45, 7) is 1.36. The summed E-state index contributed by atoms with van der Waals surface area (Å²) >= 11 is 0. The molecule has 0 atom stereocenters. The van der Waals surface area contributed by atoms with Crippen molar-refractivity contribution in [3.8, 4) is 11.5 Å². The van der Waals surface area contributed by atoms with E-state index in [0.29, 0.717) is 17.1 Å². The Balaban J connectivity index is 1.89. The molecule has 0 aromatic heterocycles. The molecule has 0 heterocycles. The number of hydrogen-bond donors (Lipinski definition) is 1. The zero-order valence-corrected chi connectivity index (χ0v) is 19.4.